The van der Waals surface area contributed by atoms with E-state index in [0.717, 1.165) is 0 Å². The fraction of sp³-hybridized carbons (Fsp3) is 0.700. The number of aliphatic hydroxyl groups is 2. The maximum absolute atomic E-state index is 12.3. The molecule has 3 aliphatic rings. The fourth-order valence-corrected chi connectivity index (χ4v) is 2.95. The first-order chi connectivity index (χ1) is 9.61. The topological polar surface area (TPSA) is 125 Å². The van der Waals surface area contributed by atoms with Gasteiger partial charge in [0.05, 0.1) is 6.54 Å². The van der Waals surface area contributed by atoms with Gasteiger partial charge in [0.2, 0.25) is 0 Å². The first-order valence-electron chi connectivity index (χ1n) is 6.34. The molecule has 1 aromatic rings. The Balaban J connectivity index is 1.88. The molecule has 4 heterocycles. The van der Waals surface area contributed by atoms with Crippen molar-refractivity contribution < 1.29 is 19.7 Å². The van der Waals surface area contributed by atoms with Crippen molar-refractivity contribution in [2.75, 3.05) is 11.9 Å². The first-order valence-corrected chi connectivity index (χ1v) is 6.34. The average molecular weight is 282 g/mol. The van der Waals surface area contributed by atoms with Crippen LogP contribution in [0.2, 0.25) is 0 Å². The molecular weight excluding hydrogens is 268 g/mol. The highest BCUT2D eigenvalue weighted by Gasteiger charge is 2.53. The summed E-state index contributed by atoms with van der Waals surface area (Å²) in [5.74, 6) is 0.492. The van der Waals surface area contributed by atoms with E-state index < -0.39 is 36.7 Å². The van der Waals surface area contributed by atoms with E-state index in [4.69, 9.17) is 4.74 Å². The maximum Gasteiger partial charge on any atom is 0.326 e. The molecule has 2 amide bonds. The van der Waals surface area contributed by atoms with Crippen molar-refractivity contribution in [3.8, 4) is 0 Å². The number of rotatable bonds is 1. The summed E-state index contributed by atoms with van der Waals surface area (Å²) in [6.07, 6.45) is -4.22. The molecule has 0 saturated carbocycles. The monoisotopic (exact) mass is 282 g/mol. The third-order valence-corrected chi connectivity index (χ3v) is 3.96. The van der Waals surface area contributed by atoms with E-state index in [2.05, 4.69) is 20.9 Å². The standard InChI is InChI=1S/C10H14N6O4/c1-11-7-4-8-15(14-13-4)2-3-5(17)6(18)9(20-3)16(8)10(19)12-7/h3,5-7,9,11,17-18H,2H2,1H3,(H,12,19)/t3-,5?,6?,7?,9-/m1/s1. The molecule has 0 aliphatic carbocycles. The highest BCUT2D eigenvalue weighted by atomic mass is 16.6. The van der Waals surface area contributed by atoms with Crippen LogP contribution in [0.25, 0.3) is 0 Å². The van der Waals surface area contributed by atoms with Crippen LogP contribution >= 0.6 is 0 Å². The Morgan fingerprint density at radius 1 is 1.45 bits per heavy atom. The van der Waals surface area contributed by atoms with E-state index in [1.807, 2.05) is 0 Å². The van der Waals surface area contributed by atoms with Gasteiger partial charge in [-0.05, 0) is 7.05 Å². The predicted octanol–water partition coefficient (Wildman–Crippen LogP) is -2.51. The molecule has 3 aliphatic heterocycles. The van der Waals surface area contributed by atoms with E-state index >= 15 is 0 Å². The molecule has 10 heteroatoms. The van der Waals surface area contributed by atoms with E-state index in [-0.39, 0.29) is 6.54 Å². The number of hydrogen-bond donors (Lipinski definition) is 4. The van der Waals surface area contributed by atoms with Gasteiger partial charge in [-0.15, -0.1) is 5.10 Å². The van der Waals surface area contributed by atoms with Crippen LogP contribution < -0.4 is 15.5 Å². The van der Waals surface area contributed by atoms with E-state index in [1.54, 1.807) is 7.05 Å². The lowest BCUT2D eigenvalue weighted by molar-refractivity contribution is 0.00659. The predicted molar refractivity (Wildman–Crippen MR) is 63.5 cm³/mol. The van der Waals surface area contributed by atoms with Gasteiger partial charge in [0.25, 0.3) is 0 Å². The molecule has 5 atom stereocenters. The van der Waals surface area contributed by atoms with Crippen molar-refractivity contribution >= 4 is 11.8 Å². The molecular formula is C10H14N6O4. The third kappa shape index (κ3) is 1.33. The summed E-state index contributed by atoms with van der Waals surface area (Å²) in [6, 6.07) is -0.431. The molecule has 1 aromatic heterocycles. The molecule has 4 rings (SSSR count). The molecule has 0 spiro atoms. The van der Waals surface area contributed by atoms with Crippen LogP contribution in [0.3, 0.4) is 0 Å². The molecule has 0 radical (unpaired) electrons. The highest BCUT2D eigenvalue weighted by molar-refractivity contribution is 5.94. The number of nitrogens with one attached hydrogen (secondary N) is 2. The lowest BCUT2D eigenvalue weighted by Crippen LogP contribution is -2.57. The number of aromatic nitrogens is 3. The Bertz CT molecular complexity index is 576. The van der Waals surface area contributed by atoms with Gasteiger partial charge in [-0.2, -0.15) is 0 Å². The SMILES string of the molecule is CNC1NC(=O)N2c3c1nnn3C[C@H]1O[C@@H]2C(O)C1O. The van der Waals surface area contributed by atoms with Crippen molar-refractivity contribution in [1.82, 2.24) is 25.6 Å². The number of carbonyl (C=O) groups is 1. The van der Waals surface area contributed by atoms with Gasteiger partial charge in [0.15, 0.2) is 12.0 Å². The van der Waals surface area contributed by atoms with Gasteiger partial charge >= 0.3 is 6.03 Å². The highest BCUT2D eigenvalue weighted by Crippen LogP contribution is 2.37. The average Bonchev–Trinajstić information content (AvgIpc) is 2.89. The lowest BCUT2D eigenvalue weighted by Gasteiger charge is -2.35. The number of aliphatic hydroxyl groups excluding tert-OH is 2. The van der Waals surface area contributed by atoms with Crippen LogP contribution in [0.1, 0.15) is 11.9 Å². The van der Waals surface area contributed by atoms with Crippen LogP contribution in [0, 0.1) is 0 Å². The number of anilines is 1. The maximum atomic E-state index is 12.3. The number of hydrogen-bond acceptors (Lipinski definition) is 7. The van der Waals surface area contributed by atoms with Crippen molar-refractivity contribution in [2.45, 2.75) is 37.3 Å². The number of fused-ring (bicyclic) bond motifs is 3. The Morgan fingerprint density at radius 3 is 3.00 bits per heavy atom. The summed E-state index contributed by atoms with van der Waals surface area (Å²) in [5, 5.41) is 33.7. The smallest absolute Gasteiger partial charge is 0.326 e. The molecule has 3 unspecified atom stereocenters. The Labute approximate surface area is 113 Å². The minimum Gasteiger partial charge on any atom is -0.387 e. The van der Waals surface area contributed by atoms with Crippen molar-refractivity contribution in [3.63, 3.8) is 0 Å². The van der Waals surface area contributed by atoms with Crippen LogP contribution in [0.4, 0.5) is 10.6 Å². The fourth-order valence-electron chi connectivity index (χ4n) is 2.95. The number of amides is 2. The van der Waals surface area contributed by atoms with Crippen molar-refractivity contribution in [3.05, 3.63) is 5.69 Å². The zero-order valence-electron chi connectivity index (χ0n) is 10.6. The largest absolute Gasteiger partial charge is 0.387 e. The second kappa shape index (κ2) is 3.88. The number of nitrogens with zero attached hydrogens (tertiary/aromatic N) is 4. The van der Waals surface area contributed by atoms with Crippen LogP contribution in [0.15, 0.2) is 0 Å². The Morgan fingerprint density at radius 2 is 2.25 bits per heavy atom. The zero-order valence-corrected chi connectivity index (χ0v) is 10.6. The summed E-state index contributed by atoms with van der Waals surface area (Å²) < 4.78 is 7.10. The molecule has 10 nitrogen and oxygen atoms in total. The normalized spacial score (nSPS) is 38.5. The van der Waals surface area contributed by atoms with Crippen LogP contribution in [0.5, 0.6) is 0 Å². The minimum absolute atomic E-state index is 0.233. The Hall–Kier alpha value is -1.75. The second-order valence-electron chi connectivity index (χ2n) is 5.07. The van der Waals surface area contributed by atoms with Gasteiger partial charge in [0.1, 0.15) is 30.2 Å². The van der Waals surface area contributed by atoms with E-state index in [9.17, 15) is 15.0 Å². The summed E-state index contributed by atoms with van der Waals surface area (Å²) >= 11 is 0. The van der Waals surface area contributed by atoms with Gasteiger partial charge in [-0.1, -0.05) is 5.21 Å². The molecule has 1 fully saturated rings. The van der Waals surface area contributed by atoms with Crippen LogP contribution in [-0.2, 0) is 11.3 Å². The Kier molecular flexibility index (Phi) is 2.33. The zero-order chi connectivity index (χ0) is 14.0. The minimum atomic E-state index is -1.16. The molecule has 108 valence electrons. The summed E-state index contributed by atoms with van der Waals surface area (Å²) in [6.45, 7) is 0.233. The van der Waals surface area contributed by atoms with Crippen molar-refractivity contribution in [1.29, 1.82) is 0 Å². The third-order valence-electron chi connectivity index (χ3n) is 3.96. The van der Waals surface area contributed by atoms with Gasteiger partial charge in [0, 0.05) is 0 Å². The summed E-state index contributed by atoms with van der Waals surface area (Å²) in [7, 11) is 1.70. The summed E-state index contributed by atoms with van der Waals surface area (Å²) in [5.41, 5.74) is 0.560. The van der Waals surface area contributed by atoms with Gasteiger partial charge in [-0.3, -0.25) is 5.32 Å². The van der Waals surface area contributed by atoms with Gasteiger partial charge < -0.3 is 20.3 Å². The van der Waals surface area contributed by atoms with Crippen LogP contribution in [-0.4, -0.2) is 62.8 Å². The molecule has 2 bridgehead atoms. The van der Waals surface area contributed by atoms with Gasteiger partial charge in [-0.25, -0.2) is 14.4 Å². The number of urea groups is 1. The lowest BCUT2D eigenvalue weighted by atomic mass is 10.1. The number of carbonyl (C=O) groups excluding carboxylic acids is 1. The quantitative estimate of drug-likeness (QED) is 0.448. The molecule has 20 heavy (non-hydrogen) atoms. The number of ether oxygens (including phenoxy) is 1. The first kappa shape index (κ1) is 12.0. The van der Waals surface area contributed by atoms with E-state index in [1.165, 1.54) is 9.58 Å². The summed E-state index contributed by atoms with van der Waals surface area (Å²) in [4.78, 5) is 13.5. The second-order valence-corrected chi connectivity index (χ2v) is 5.07. The van der Waals surface area contributed by atoms with Crippen molar-refractivity contribution in [2.24, 2.45) is 0 Å². The molecule has 0 aromatic carbocycles. The van der Waals surface area contributed by atoms with E-state index in [0.29, 0.717) is 11.5 Å². The molecule has 1 saturated heterocycles. The molecule has 4 N–H and O–H groups in total.